The molecule has 0 fully saturated rings. The molecule has 0 atom stereocenters. The van der Waals surface area contributed by atoms with Gasteiger partial charge in [0.2, 0.25) is 0 Å². The van der Waals surface area contributed by atoms with Gasteiger partial charge in [0.15, 0.2) is 0 Å². The number of methoxy groups -OCH3 is 2. The van der Waals surface area contributed by atoms with E-state index in [0.29, 0.717) is 0 Å². The van der Waals surface area contributed by atoms with Crippen molar-refractivity contribution in [2.45, 2.75) is 20.4 Å². The van der Waals surface area contributed by atoms with Gasteiger partial charge in [0.05, 0.1) is 19.4 Å². The lowest BCUT2D eigenvalue weighted by Gasteiger charge is -2.14. The number of rotatable bonds is 7. The van der Waals surface area contributed by atoms with Gasteiger partial charge in [-0.25, -0.2) is 0 Å². The molecule has 1 N–H and O–H groups in total. The summed E-state index contributed by atoms with van der Waals surface area (Å²) < 4.78 is 12.8. The van der Waals surface area contributed by atoms with Crippen molar-refractivity contribution in [3.8, 4) is 11.4 Å². The molecule has 1 heterocycles. The van der Waals surface area contributed by atoms with Gasteiger partial charge in [-0.05, 0) is 37.6 Å². The predicted octanol–water partition coefficient (Wildman–Crippen LogP) is 2.84. The van der Waals surface area contributed by atoms with Crippen molar-refractivity contribution in [1.29, 1.82) is 0 Å². The molecule has 0 radical (unpaired) electrons. The summed E-state index contributed by atoms with van der Waals surface area (Å²) in [5.74, 6) is 0.887. The molecule has 21 heavy (non-hydrogen) atoms. The van der Waals surface area contributed by atoms with Gasteiger partial charge in [-0.15, -0.1) is 0 Å². The lowest BCUT2D eigenvalue weighted by atomic mass is 10.2. The third kappa shape index (κ3) is 3.46. The Kier molecular flexibility index (Phi) is 5.42. The quantitative estimate of drug-likeness (QED) is 0.796. The summed E-state index contributed by atoms with van der Waals surface area (Å²) in [7, 11) is 3.43. The van der Waals surface area contributed by atoms with Crippen LogP contribution in [0.1, 0.15) is 17.0 Å². The van der Waals surface area contributed by atoms with E-state index in [1.54, 1.807) is 14.2 Å². The topological polar surface area (TPSA) is 35.4 Å². The number of para-hydroxylation sites is 2. The van der Waals surface area contributed by atoms with Crippen LogP contribution in [0.25, 0.3) is 5.69 Å². The third-order valence-electron chi connectivity index (χ3n) is 3.66. The fourth-order valence-electron chi connectivity index (χ4n) is 2.59. The fraction of sp³-hybridized carbons (Fsp3) is 0.412. The van der Waals surface area contributed by atoms with Crippen LogP contribution >= 0.6 is 0 Å². The van der Waals surface area contributed by atoms with Gasteiger partial charge in [-0.3, -0.25) is 0 Å². The van der Waals surface area contributed by atoms with E-state index in [1.807, 2.05) is 18.2 Å². The second-order valence-corrected chi connectivity index (χ2v) is 5.07. The van der Waals surface area contributed by atoms with Gasteiger partial charge in [-0.2, -0.15) is 0 Å². The smallest absolute Gasteiger partial charge is 0.142 e. The molecular formula is C17H24N2O2. The van der Waals surface area contributed by atoms with Gasteiger partial charge < -0.3 is 19.4 Å². The first-order valence-electron chi connectivity index (χ1n) is 7.20. The molecule has 2 rings (SSSR count). The maximum atomic E-state index is 5.48. The monoisotopic (exact) mass is 288 g/mol. The number of nitrogens with zero attached hydrogens (tertiary/aromatic N) is 1. The Morgan fingerprint density at radius 2 is 1.90 bits per heavy atom. The molecule has 4 nitrogen and oxygen atoms in total. The molecule has 2 aromatic rings. The number of hydrogen-bond acceptors (Lipinski definition) is 3. The van der Waals surface area contributed by atoms with Crippen LogP contribution in [0.5, 0.6) is 5.75 Å². The van der Waals surface area contributed by atoms with Crippen molar-refractivity contribution in [3.63, 3.8) is 0 Å². The van der Waals surface area contributed by atoms with Crippen LogP contribution in [0.15, 0.2) is 30.3 Å². The second-order valence-electron chi connectivity index (χ2n) is 5.07. The molecule has 0 aliphatic heterocycles. The van der Waals surface area contributed by atoms with Gasteiger partial charge in [-0.1, -0.05) is 12.1 Å². The van der Waals surface area contributed by atoms with Gasteiger partial charge >= 0.3 is 0 Å². The molecule has 1 aromatic carbocycles. The SMILES string of the molecule is COCCNCc1cc(C)n(-c2ccccc2OC)c1C. The average Bonchev–Trinajstić information content (AvgIpc) is 2.78. The average molecular weight is 288 g/mol. The molecule has 1 aromatic heterocycles. The van der Waals surface area contributed by atoms with E-state index in [9.17, 15) is 0 Å². The standard InChI is InChI=1S/C17H24N2O2/c1-13-11-15(12-18-9-10-20-3)14(2)19(13)16-7-5-6-8-17(16)21-4/h5-8,11,18H,9-10,12H2,1-4H3. The second kappa shape index (κ2) is 7.29. The highest BCUT2D eigenvalue weighted by molar-refractivity contribution is 5.50. The number of hydrogen-bond donors (Lipinski definition) is 1. The number of ether oxygens (including phenoxy) is 2. The molecule has 0 aliphatic rings. The molecule has 0 saturated carbocycles. The van der Waals surface area contributed by atoms with E-state index in [0.717, 1.165) is 31.1 Å². The Morgan fingerprint density at radius 3 is 2.62 bits per heavy atom. The van der Waals surface area contributed by atoms with Crippen molar-refractivity contribution in [2.75, 3.05) is 27.4 Å². The fourth-order valence-corrected chi connectivity index (χ4v) is 2.59. The van der Waals surface area contributed by atoms with E-state index >= 15 is 0 Å². The molecule has 0 spiro atoms. The Hall–Kier alpha value is -1.78. The first-order valence-corrected chi connectivity index (χ1v) is 7.20. The zero-order valence-corrected chi connectivity index (χ0v) is 13.3. The van der Waals surface area contributed by atoms with Gasteiger partial charge in [0.25, 0.3) is 0 Å². The molecule has 114 valence electrons. The highest BCUT2D eigenvalue weighted by Crippen LogP contribution is 2.27. The van der Waals surface area contributed by atoms with Crippen LogP contribution in [0, 0.1) is 13.8 Å². The van der Waals surface area contributed by atoms with Gasteiger partial charge in [0.1, 0.15) is 5.75 Å². The molecule has 0 aliphatic carbocycles. The van der Waals surface area contributed by atoms with E-state index in [4.69, 9.17) is 9.47 Å². The number of benzene rings is 1. The maximum Gasteiger partial charge on any atom is 0.142 e. The van der Waals surface area contributed by atoms with E-state index in [1.165, 1.54) is 17.0 Å². The molecule has 0 saturated heterocycles. The third-order valence-corrected chi connectivity index (χ3v) is 3.66. The number of aromatic nitrogens is 1. The Morgan fingerprint density at radius 1 is 1.14 bits per heavy atom. The molecule has 4 heteroatoms. The first-order chi connectivity index (χ1) is 10.2. The van der Waals surface area contributed by atoms with Gasteiger partial charge in [0, 0.05) is 31.6 Å². The van der Waals surface area contributed by atoms with Crippen LogP contribution in [0.2, 0.25) is 0 Å². The minimum Gasteiger partial charge on any atom is -0.495 e. The normalized spacial score (nSPS) is 10.9. The highest BCUT2D eigenvalue weighted by atomic mass is 16.5. The van der Waals surface area contributed by atoms with E-state index in [-0.39, 0.29) is 0 Å². The van der Waals surface area contributed by atoms with E-state index < -0.39 is 0 Å². The largest absolute Gasteiger partial charge is 0.495 e. The minimum absolute atomic E-state index is 0.727. The minimum atomic E-state index is 0.727. The summed E-state index contributed by atoms with van der Waals surface area (Å²) in [5, 5.41) is 3.39. The van der Waals surface area contributed by atoms with Crippen molar-refractivity contribution >= 4 is 0 Å². The molecule has 0 amide bonds. The highest BCUT2D eigenvalue weighted by Gasteiger charge is 2.13. The Bertz CT molecular complexity index is 590. The molecule has 0 unspecified atom stereocenters. The summed E-state index contributed by atoms with van der Waals surface area (Å²) in [5.41, 5.74) is 4.83. The van der Waals surface area contributed by atoms with Crippen molar-refractivity contribution in [2.24, 2.45) is 0 Å². The Labute approximate surface area is 126 Å². The van der Waals surface area contributed by atoms with Crippen molar-refractivity contribution < 1.29 is 9.47 Å². The lowest BCUT2D eigenvalue weighted by Crippen LogP contribution is -2.18. The zero-order valence-electron chi connectivity index (χ0n) is 13.3. The van der Waals surface area contributed by atoms with Crippen molar-refractivity contribution in [1.82, 2.24) is 9.88 Å². The first kappa shape index (κ1) is 15.6. The van der Waals surface area contributed by atoms with Crippen LogP contribution in [-0.4, -0.2) is 31.9 Å². The van der Waals surface area contributed by atoms with E-state index in [2.05, 4.69) is 35.9 Å². The van der Waals surface area contributed by atoms with Crippen LogP contribution in [-0.2, 0) is 11.3 Å². The molecular weight excluding hydrogens is 264 g/mol. The van der Waals surface area contributed by atoms with Crippen LogP contribution in [0.3, 0.4) is 0 Å². The van der Waals surface area contributed by atoms with Crippen molar-refractivity contribution in [3.05, 3.63) is 47.3 Å². The summed E-state index contributed by atoms with van der Waals surface area (Å²) in [6.45, 7) is 6.70. The zero-order chi connectivity index (χ0) is 15.2. The summed E-state index contributed by atoms with van der Waals surface area (Å²) in [4.78, 5) is 0. The predicted molar refractivity (Wildman–Crippen MR) is 85.4 cm³/mol. The van der Waals surface area contributed by atoms with Crippen LogP contribution in [0.4, 0.5) is 0 Å². The summed E-state index contributed by atoms with van der Waals surface area (Å²) in [6.07, 6.45) is 0. The number of aryl methyl sites for hydroxylation is 1. The van der Waals surface area contributed by atoms with Crippen LogP contribution < -0.4 is 10.1 Å². The number of nitrogens with one attached hydrogen (secondary N) is 1. The molecule has 0 bridgehead atoms. The Balaban J connectivity index is 2.26. The maximum absolute atomic E-state index is 5.48. The summed E-state index contributed by atoms with van der Waals surface area (Å²) >= 11 is 0. The summed E-state index contributed by atoms with van der Waals surface area (Å²) in [6, 6.07) is 10.3. The lowest BCUT2D eigenvalue weighted by molar-refractivity contribution is 0.199.